The van der Waals surface area contributed by atoms with E-state index in [0.29, 0.717) is 12.0 Å². The zero-order chi connectivity index (χ0) is 14.7. The van der Waals surface area contributed by atoms with Gasteiger partial charge in [-0.3, -0.25) is 4.79 Å². The van der Waals surface area contributed by atoms with Gasteiger partial charge in [-0.1, -0.05) is 11.8 Å². The van der Waals surface area contributed by atoms with E-state index in [1.165, 1.54) is 18.2 Å². The van der Waals surface area contributed by atoms with Gasteiger partial charge in [0.1, 0.15) is 0 Å². The first-order valence-electron chi connectivity index (χ1n) is 7.08. The van der Waals surface area contributed by atoms with E-state index in [0.717, 1.165) is 30.5 Å². The van der Waals surface area contributed by atoms with Crippen LogP contribution in [0.5, 0.6) is 0 Å². The number of likely N-dealkylation sites (tertiary alicyclic amines) is 1. The number of thioether (sulfide) groups is 1. The van der Waals surface area contributed by atoms with Gasteiger partial charge in [-0.15, -0.1) is 0 Å². The van der Waals surface area contributed by atoms with Crippen LogP contribution < -0.4 is 0 Å². The van der Waals surface area contributed by atoms with Crippen LogP contribution in [-0.4, -0.2) is 50.4 Å². The fraction of sp³-hybridized carbons (Fsp3) is 0.714. The minimum Gasteiger partial charge on any atom is -0.481 e. The Morgan fingerprint density at radius 2 is 2.35 bits per heavy atom. The summed E-state index contributed by atoms with van der Waals surface area (Å²) in [6.45, 7) is 9.64. The Bertz CT molecular complexity index is 473. The highest BCUT2D eigenvalue weighted by atomic mass is 32.2. The number of hydrogen-bond donors (Lipinski definition) is 1. The molecule has 0 spiro atoms. The highest BCUT2D eigenvalue weighted by Gasteiger charge is 2.25. The molecule has 1 atom stereocenters. The lowest BCUT2D eigenvalue weighted by molar-refractivity contribution is -0.133. The molecule has 0 aromatic carbocycles. The Balaban J connectivity index is 1.97. The number of carboxylic acid groups (broad SMARTS) is 1. The molecule has 1 fully saturated rings. The number of carbonyl (C=O) groups is 1. The molecule has 112 valence electrons. The van der Waals surface area contributed by atoms with Gasteiger partial charge in [0.25, 0.3) is 0 Å². The van der Waals surface area contributed by atoms with Crippen LogP contribution in [0.4, 0.5) is 0 Å². The van der Waals surface area contributed by atoms with Gasteiger partial charge in [0.05, 0.1) is 11.4 Å². The first kappa shape index (κ1) is 15.4. The van der Waals surface area contributed by atoms with Crippen LogP contribution in [0.2, 0.25) is 0 Å². The molecule has 0 saturated carbocycles. The maximum Gasteiger partial charge on any atom is 0.313 e. The van der Waals surface area contributed by atoms with E-state index in [1.54, 1.807) is 0 Å². The molecule has 0 amide bonds. The molecule has 1 saturated heterocycles. The van der Waals surface area contributed by atoms with E-state index in [2.05, 4.69) is 28.3 Å². The second-order valence-electron chi connectivity index (χ2n) is 5.74. The maximum atomic E-state index is 10.7. The number of carboxylic acids is 1. The SMILES string of the molecule is Cc1cn(CC2CCN(C(C)C)C2)c(SCC(=O)O)n1. The Labute approximate surface area is 124 Å². The van der Waals surface area contributed by atoms with Crippen molar-refractivity contribution in [2.45, 2.75) is 44.9 Å². The van der Waals surface area contributed by atoms with Gasteiger partial charge in [0.2, 0.25) is 0 Å². The monoisotopic (exact) mass is 297 g/mol. The first-order chi connectivity index (χ1) is 9.45. The third-order valence-electron chi connectivity index (χ3n) is 3.69. The lowest BCUT2D eigenvalue weighted by Crippen LogP contribution is -2.28. The average Bonchev–Trinajstić information content (AvgIpc) is 2.94. The molecular formula is C14H23N3O2S. The van der Waals surface area contributed by atoms with Gasteiger partial charge >= 0.3 is 5.97 Å². The summed E-state index contributed by atoms with van der Waals surface area (Å²) in [7, 11) is 0. The van der Waals surface area contributed by atoms with Crippen LogP contribution in [0.1, 0.15) is 26.0 Å². The molecule has 1 aromatic rings. The van der Waals surface area contributed by atoms with Crippen LogP contribution in [0.15, 0.2) is 11.4 Å². The van der Waals surface area contributed by atoms with Crippen LogP contribution in [0, 0.1) is 12.8 Å². The minimum absolute atomic E-state index is 0.0687. The van der Waals surface area contributed by atoms with Crippen molar-refractivity contribution < 1.29 is 9.90 Å². The number of aryl methyl sites for hydroxylation is 1. The molecule has 1 aromatic heterocycles. The third kappa shape index (κ3) is 3.99. The molecule has 0 bridgehead atoms. The zero-order valence-electron chi connectivity index (χ0n) is 12.4. The molecule has 1 aliphatic rings. The van der Waals surface area contributed by atoms with E-state index in [-0.39, 0.29) is 5.75 Å². The number of imidazole rings is 1. The van der Waals surface area contributed by atoms with E-state index in [1.807, 2.05) is 13.1 Å². The van der Waals surface area contributed by atoms with Crippen molar-refractivity contribution in [1.29, 1.82) is 0 Å². The maximum absolute atomic E-state index is 10.7. The fourth-order valence-corrected chi connectivity index (χ4v) is 3.41. The van der Waals surface area contributed by atoms with Crippen LogP contribution >= 0.6 is 11.8 Å². The summed E-state index contributed by atoms with van der Waals surface area (Å²) in [5, 5.41) is 9.61. The first-order valence-corrected chi connectivity index (χ1v) is 8.06. The smallest absolute Gasteiger partial charge is 0.313 e. The van der Waals surface area contributed by atoms with Crippen molar-refractivity contribution in [3.63, 3.8) is 0 Å². The molecular weight excluding hydrogens is 274 g/mol. The topological polar surface area (TPSA) is 58.4 Å². The van der Waals surface area contributed by atoms with E-state index in [4.69, 9.17) is 5.11 Å². The lowest BCUT2D eigenvalue weighted by atomic mass is 10.1. The molecule has 5 nitrogen and oxygen atoms in total. The Morgan fingerprint density at radius 1 is 1.60 bits per heavy atom. The summed E-state index contributed by atoms with van der Waals surface area (Å²) in [5.41, 5.74) is 0.955. The van der Waals surface area contributed by atoms with Crippen molar-refractivity contribution in [3.05, 3.63) is 11.9 Å². The second-order valence-corrected chi connectivity index (χ2v) is 6.69. The highest BCUT2D eigenvalue weighted by molar-refractivity contribution is 7.99. The van der Waals surface area contributed by atoms with Gasteiger partial charge < -0.3 is 14.6 Å². The normalized spacial score (nSPS) is 19.9. The molecule has 6 heteroatoms. The molecule has 2 heterocycles. The summed E-state index contributed by atoms with van der Waals surface area (Å²) in [5.74, 6) is -0.0941. The molecule has 2 rings (SSSR count). The summed E-state index contributed by atoms with van der Waals surface area (Å²) >= 11 is 1.31. The van der Waals surface area contributed by atoms with Crippen molar-refractivity contribution >= 4 is 17.7 Å². The number of hydrogen-bond acceptors (Lipinski definition) is 4. The van der Waals surface area contributed by atoms with Crippen molar-refractivity contribution in [2.24, 2.45) is 5.92 Å². The summed E-state index contributed by atoms with van der Waals surface area (Å²) in [6.07, 6.45) is 3.24. The van der Waals surface area contributed by atoms with Gasteiger partial charge in [-0.05, 0) is 39.7 Å². The number of aliphatic carboxylic acids is 1. The van der Waals surface area contributed by atoms with Crippen molar-refractivity contribution in [1.82, 2.24) is 14.5 Å². The predicted molar refractivity (Wildman–Crippen MR) is 80.1 cm³/mol. The molecule has 1 N–H and O–H groups in total. The fourth-order valence-electron chi connectivity index (χ4n) is 2.66. The predicted octanol–water partition coefficient (Wildman–Crippen LogP) is 2.10. The second kappa shape index (κ2) is 6.63. The zero-order valence-corrected chi connectivity index (χ0v) is 13.2. The van der Waals surface area contributed by atoms with Crippen molar-refractivity contribution in [3.8, 4) is 0 Å². The Kier molecular flexibility index (Phi) is 5.10. The average molecular weight is 297 g/mol. The highest BCUT2D eigenvalue weighted by Crippen LogP contribution is 2.24. The minimum atomic E-state index is -0.797. The van der Waals surface area contributed by atoms with Crippen LogP contribution in [0.25, 0.3) is 0 Å². The molecule has 1 unspecified atom stereocenters. The molecule has 20 heavy (non-hydrogen) atoms. The van der Waals surface area contributed by atoms with Gasteiger partial charge in [0.15, 0.2) is 5.16 Å². The summed E-state index contributed by atoms with van der Waals surface area (Å²) in [6, 6.07) is 0.602. The standard InChI is InChI=1S/C14H23N3O2S/c1-10(2)16-5-4-12(7-16)8-17-6-11(3)15-14(17)20-9-13(18)19/h6,10,12H,4-5,7-9H2,1-3H3,(H,18,19). The molecule has 0 radical (unpaired) electrons. The van der Waals surface area contributed by atoms with Crippen molar-refractivity contribution in [2.75, 3.05) is 18.8 Å². The quantitative estimate of drug-likeness (QED) is 0.815. The number of rotatable bonds is 6. The summed E-state index contributed by atoms with van der Waals surface area (Å²) < 4.78 is 2.12. The van der Waals surface area contributed by atoms with E-state index < -0.39 is 5.97 Å². The third-order valence-corrected chi connectivity index (χ3v) is 4.66. The summed E-state index contributed by atoms with van der Waals surface area (Å²) in [4.78, 5) is 17.6. The Morgan fingerprint density at radius 3 is 2.95 bits per heavy atom. The number of aromatic nitrogens is 2. The van der Waals surface area contributed by atoms with Crippen LogP contribution in [0.3, 0.4) is 0 Å². The largest absolute Gasteiger partial charge is 0.481 e. The van der Waals surface area contributed by atoms with Gasteiger partial charge in [-0.2, -0.15) is 0 Å². The number of nitrogens with zero attached hydrogens (tertiary/aromatic N) is 3. The van der Waals surface area contributed by atoms with E-state index in [9.17, 15) is 4.79 Å². The van der Waals surface area contributed by atoms with Crippen LogP contribution in [-0.2, 0) is 11.3 Å². The molecule has 1 aliphatic heterocycles. The van der Waals surface area contributed by atoms with Gasteiger partial charge in [0, 0.05) is 25.3 Å². The molecule has 0 aliphatic carbocycles. The lowest BCUT2D eigenvalue weighted by Gasteiger charge is -2.20. The van der Waals surface area contributed by atoms with E-state index >= 15 is 0 Å². The van der Waals surface area contributed by atoms with Gasteiger partial charge in [-0.25, -0.2) is 4.98 Å². The Hall–Kier alpha value is -1.01.